The van der Waals surface area contributed by atoms with Gasteiger partial charge in [-0.3, -0.25) is 0 Å². The molecule has 0 aromatic heterocycles. The van der Waals surface area contributed by atoms with Crippen LogP contribution in [0.25, 0.3) is 0 Å². The molecule has 17 heavy (non-hydrogen) atoms. The van der Waals surface area contributed by atoms with Crippen LogP contribution in [0.15, 0.2) is 24.3 Å². The van der Waals surface area contributed by atoms with Crippen molar-refractivity contribution in [2.24, 2.45) is 5.41 Å². The van der Waals surface area contributed by atoms with Crippen molar-refractivity contribution >= 4 is 6.29 Å². The molecule has 0 heterocycles. The largest absolute Gasteiger partial charge is 0.303 e. The molecule has 0 spiro atoms. The number of aldehydes is 1. The molecular formula is C16H24O. The number of rotatable bonds is 5. The van der Waals surface area contributed by atoms with E-state index in [1.807, 2.05) is 13.8 Å². The summed E-state index contributed by atoms with van der Waals surface area (Å²) in [7, 11) is 0. The normalized spacial score (nSPS) is 13.8. The van der Waals surface area contributed by atoms with E-state index in [0.29, 0.717) is 11.8 Å². The number of hydrogen-bond acceptors (Lipinski definition) is 1. The Labute approximate surface area is 105 Å². The van der Waals surface area contributed by atoms with Crippen molar-refractivity contribution in [3.63, 3.8) is 0 Å². The van der Waals surface area contributed by atoms with Gasteiger partial charge in [-0.05, 0) is 29.4 Å². The first-order chi connectivity index (χ1) is 7.85. The molecule has 0 N–H and O–H groups in total. The molecule has 0 bridgehead atoms. The molecule has 0 saturated carbocycles. The molecule has 1 rings (SSSR count). The maximum atomic E-state index is 11.0. The Kier molecular flexibility index (Phi) is 4.50. The fraction of sp³-hybridized carbons (Fsp3) is 0.562. The number of benzene rings is 1. The molecule has 0 radical (unpaired) electrons. The second kappa shape index (κ2) is 5.48. The molecule has 1 nitrogen and oxygen atoms in total. The fourth-order valence-electron chi connectivity index (χ4n) is 2.18. The van der Waals surface area contributed by atoms with E-state index in [1.165, 1.54) is 11.1 Å². The van der Waals surface area contributed by atoms with Gasteiger partial charge in [-0.15, -0.1) is 0 Å². The van der Waals surface area contributed by atoms with Gasteiger partial charge >= 0.3 is 0 Å². The maximum absolute atomic E-state index is 11.0. The molecule has 1 aromatic carbocycles. The molecule has 1 atom stereocenters. The molecule has 0 aliphatic carbocycles. The SMILES string of the molecule is CC(C)c1cccc(C(C)CC(C)(C)C=O)c1. The molecule has 0 aliphatic heterocycles. The predicted octanol–water partition coefficient (Wildman–Crippen LogP) is 4.53. The van der Waals surface area contributed by atoms with Gasteiger partial charge in [0.1, 0.15) is 6.29 Å². The third-order valence-electron chi connectivity index (χ3n) is 3.30. The molecule has 0 saturated heterocycles. The third kappa shape index (κ3) is 3.99. The minimum Gasteiger partial charge on any atom is -0.303 e. The maximum Gasteiger partial charge on any atom is 0.125 e. The Morgan fingerprint density at radius 2 is 1.76 bits per heavy atom. The van der Waals surface area contributed by atoms with E-state index >= 15 is 0 Å². The fourth-order valence-corrected chi connectivity index (χ4v) is 2.18. The number of carbonyl (C=O) groups is 1. The average molecular weight is 232 g/mol. The van der Waals surface area contributed by atoms with Crippen LogP contribution in [0.1, 0.15) is 64.0 Å². The molecule has 94 valence electrons. The lowest BCUT2D eigenvalue weighted by molar-refractivity contribution is -0.115. The van der Waals surface area contributed by atoms with Gasteiger partial charge < -0.3 is 4.79 Å². The summed E-state index contributed by atoms with van der Waals surface area (Å²) in [5.74, 6) is 0.982. The van der Waals surface area contributed by atoms with Crippen LogP contribution in [0.4, 0.5) is 0 Å². The summed E-state index contributed by atoms with van der Waals surface area (Å²) in [6, 6.07) is 8.73. The zero-order valence-electron chi connectivity index (χ0n) is 11.7. The van der Waals surface area contributed by atoms with Crippen molar-refractivity contribution in [1.82, 2.24) is 0 Å². The Morgan fingerprint density at radius 3 is 2.29 bits per heavy atom. The van der Waals surface area contributed by atoms with Crippen LogP contribution in [0, 0.1) is 5.41 Å². The van der Waals surface area contributed by atoms with Crippen LogP contribution in [0.3, 0.4) is 0 Å². The summed E-state index contributed by atoms with van der Waals surface area (Å²) in [5, 5.41) is 0. The van der Waals surface area contributed by atoms with E-state index in [0.717, 1.165) is 12.7 Å². The van der Waals surface area contributed by atoms with Gasteiger partial charge in [0.25, 0.3) is 0 Å². The van der Waals surface area contributed by atoms with Crippen molar-refractivity contribution < 1.29 is 4.79 Å². The van der Waals surface area contributed by atoms with Gasteiger partial charge in [0.05, 0.1) is 0 Å². The van der Waals surface area contributed by atoms with E-state index in [2.05, 4.69) is 45.0 Å². The highest BCUT2D eigenvalue weighted by Gasteiger charge is 2.21. The van der Waals surface area contributed by atoms with Crippen LogP contribution >= 0.6 is 0 Å². The minimum atomic E-state index is -0.229. The molecule has 1 aromatic rings. The second-order valence-electron chi connectivity index (χ2n) is 6.04. The first-order valence-electron chi connectivity index (χ1n) is 6.42. The summed E-state index contributed by atoms with van der Waals surface area (Å²) in [4.78, 5) is 11.0. The highest BCUT2D eigenvalue weighted by Crippen LogP contribution is 2.30. The first-order valence-corrected chi connectivity index (χ1v) is 6.42. The van der Waals surface area contributed by atoms with Crippen LogP contribution in [-0.4, -0.2) is 6.29 Å². The molecule has 1 heteroatoms. The summed E-state index contributed by atoms with van der Waals surface area (Å²) < 4.78 is 0. The van der Waals surface area contributed by atoms with Crippen molar-refractivity contribution in [3.05, 3.63) is 35.4 Å². The lowest BCUT2D eigenvalue weighted by atomic mass is 9.81. The standard InChI is InChI=1S/C16H24O/c1-12(2)14-7-6-8-15(9-14)13(3)10-16(4,5)11-17/h6-9,11-13H,10H2,1-5H3. The number of carbonyl (C=O) groups excluding carboxylic acids is 1. The lowest BCUT2D eigenvalue weighted by Gasteiger charge is -2.22. The topological polar surface area (TPSA) is 17.1 Å². The van der Waals surface area contributed by atoms with Crippen molar-refractivity contribution in [3.8, 4) is 0 Å². The highest BCUT2D eigenvalue weighted by atomic mass is 16.1. The molecular weight excluding hydrogens is 208 g/mol. The lowest BCUT2D eigenvalue weighted by Crippen LogP contribution is -2.16. The predicted molar refractivity (Wildman–Crippen MR) is 73.4 cm³/mol. The van der Waals surface area contributed by atoms with Crippen LogP contribution in [-0.2, 0) is 4.79 Å². The Balaban J connectivity index is 2.85. The Hall–Kier alpha value is -1.11. The van der Waals surface area contributed by atoms with Crippen molar-refractivity contribution in [2.75, 3.05) is 0 Å². The number of hydrogen-bond donors (Lipinski definition) is 0. The quantitative estimate of drug-likeness (QED) is 0.682. The highest BCUT2D eigenvalue weighted by molar-refractivity contribution is 5.58. The van der Waals surface area contributed by atoms with Gasteiger partial charge in [0, 0.05) is 5.41 Å². The van der Waals surface area contributed by atoms with Gasteiger partial charge in [0.2, 0.25) is 0 Å². The van der Waals surface area contributed by atoms with Gasteiger partial charge in [0.15, 0.2) is 0 Å². The van der Waals surface area contributed by atoms with E-state index < -0.39 is 0 Å². The second-order valence-corrected chi connectivity index (χ2v) is 6.04. The third-order valence-corrected chi connectivity index (χ3v) is 3.30. The van der Waals surface area contributed by atoms with Gasteiger partial charge in [-0.1, -0.05) is 58.9 Å². The summed E-state index contributed by atoms with van der Waals surface area (Å²) in [6.45, 7) is 10.6. The summed E-state index contributed by atoms with van der Waals surface area (Å²) in [5.41, 5.74) is 2.48. The van der Waals surface area contributed by atoms with Crippen molar-refractivity contribution in [1.29, 1.82) is 0 Å². The Bertz CT molecular complexity index is 377. The monoisotopic (exact) mass is 232 g/mol. The Morgan fingerprint density at radius 1 is 1.18 bits per heavy atom. The van der Waals surface area contributed by atoms with Crippen LogP contribution in [0.5, 0.6) is 0 Å². The smallest absolute Gasteiger partial charge is 0.125 e. The van der Waals surface area contributed by atoms with Crippen LogP contribution in [0.2, 0.25) is 0 Å². The first kappa shape index (κ1) is 14.0. The minimum absolute atomic E-state index is 0.229. The van der Waals surface area contributed by atoms with Crippen molar-refractivity contribution in [2.45, 2.75) is 52.9 Å². The molecule has 0 aliphatic rings. The van der Waals surface area contributed by atoms with E-state index in [9.17, 15) is 4.79 Å². The average Bonchev–Trinajstić information content (AvgIpc) is 2.28. The zero-order valence-corrected chi connectivity index (χ0v) is 11.7. The summed E-state index contributed by atoms with van der Waals surface area (Å²) >= 11 is 0. The zero-order chi connectivity index (χ0) is 13.1. The van der Waals surface area contributed by atoms with Gasteiger partial charge in [-0.25, -0.2) is 0 Å². The van der Waals surface area contributed by atoms with E-state index in [1.54, 1.807) is 0 Å². The van der Waals surface area contributed by atoms with Gasteiger partial charge in [-0.2, -0.15) is 0 Å². The molecule has 0 amide bonds. The van der Waals surface area contributed by atoms with E-state index in [-0.39, 0.29) is 5.41 Å². The van der Waals surface area contributed by atoms with E-state index in [4.69, 9.17) is 0 Å². The van der Waals surface area contributed by atoms with Crippen LogP contribution < -0.4 is 0 Å². The molecule has 1 unspecified atom stereocenters. The summed E-state index contributed by atoms with van der Waals surface area (Å²) in [6.07, 6.45) is 1.97. The molecule has 0 fully saturated rings.